The van der Waals surface area contributed by atoms with E-state index >= 15 is 0 Å². The third-order valence-electron chi connectivity index (χ3n) is 7.30. The predicted molar refractivity (Wildman–Crippen MR) is 155 cm³/mol. The van der Waals surface area contributed by atoms with E-state index in [0.29, 0.717) is 30.0 Å². The van der Waals surface area contributed by atoms with Gasteiger partial charge >= 0.3 is 5.56 Å². The molecular weight excluding hydrogens is 602 g/mol. The summed E-state index contributed by atoms with van der Waals surface area (Å²) in [6.07, 6.45) is 1.20. The average Bonchev–Trinajstić information content (AvgIpc) is 3.48. The Morgan fingerprint density at radius 3 is 2.57 bits per heavy atom. The number of aromatic nitrogens is 2. The van der Waals surface area contributed by atoms with Crippen LogP contribution < -0.4 is 5.56 Å². The van der Waals surface area contributed by atoms with Crippen LogP contribution in [0.4, 0.5) is 0 Å². The standard InChI is InChI=1S/C28H26ClN5O6S2/c29-20-4-1-2-6-22(20)41-17-23(35)33-11-3-5-21(33)26-31-27(37)25(36)24-28(38)32(12-13-34(24)26)14-15-42(39,40)19-9-7-18(16-30)8-10-19/h1-2,4,6-10,21,36H,3,5,11-15,17H2/t21-/m0/s1. The lowest BCUT2D eigenvalue weighted by molar-refractivity contribution is -0.129. The minimum atomic E-state index is -3.77. The molecule has 0 aliphatic carbocycles. The van der Waals surface area contributed by atoms with Crippen LogP contribution in [-0.4, -0.2) is 75.8 Å². The molecule has 1 aromatic heterocycles. The van der Waals surface area contributed by atoms with Crippen molar-refractivity contribution in [3.05, 3.63) is 81.0 Å². The Kier molecular flexibility index (Phi) is 8.58. The maximum Gasteiger partial charge on any atom is 0.315 e. The fraction of sp³-hybridized carbons (Fsp3) is 0.321. The summed E-state index contributed by atoms with van der Waals surface area (Å²) in [5.41, 5.74) is -0.929. The van der Waals surface area contributed by atoms with E-state index < -0.39 is 33.1 Å². The smallest absolute Gasteiger partial charge is 0.315 e. The molecule has 0 radical (unpaired) electrons. The third-order valence-corrected chi connectivity index (χ3v) is 10.5. The van der Waals surface area contributed by atoms with Gasteiger partial charge in [0.15, 0.2) is 15.5 Å². The number of amides is 2. The molecular formula is C28H26ClN5O6S2. The summed E-state index contributed by atoms with van der Waals surface area (Å²) in [4.78, 5) is 47.2. The van der Waals surface area contributed by atoms with E-state index in [-0.39, 0.29) is 53.5 Å². The van der Waals surface area contributed by atoms with E-state index in [2.05, 4.69) is 4.98 Å². The van der Waals surface area contributed by atoms with Crippen molar-refractivity contribution in [1.82, 2.24) is 19.4 Å². The highest BCUT2D eigenvalue weighted by atomic mass is 35.5. The summed E-state index contributed by atoms with van der Waals surface area (Å²) in [5.74, 6) is -1.72. The van der Waals surface area contributed by atoms with Crippen LogP contribution >= 0.6 is 23.4 Å². The van der Waals surface area contributed by atoms with Crippen LogP contribution in [0.3, 0.4) is 0 Å². The Hall–Kier alpha value is -3.86. The number of aromatic hydroxyl groups is 1. The van der Waals surface area contributed by atoms with Gasteiger partial charge < -0.3 is 19.5 Å². The molecule has 0 spiro atoms. The lowest BCUT2D eigenvalue weighted by atomic mass is 10.1. The molecule has 14 heteroatoms. The molecule has 1 atom stereocenters. The van der Waals surface area contributed by atoms with Gasteiger partial charge in [0.25, 0.3) is 5.91 Å². The minimum absolute atomic E-state index is 0.0237. The maximum atomic E-state index is 13.5. The van der Waals surface area contributed by atoms with E-state index in [9.17, 15) is 27.9 Å². The molecule has 1 N–H and O–H groups in total. The van der Waals surface area contributed by atoms with Gasteiger partial charge in [0, 0.05) is 31.1 Å². The van der Waals surface area contributed by atoms with Gasteiger partial charge in [0.2, 0.25) is 11.7 Å². The van der Waals surface area contributed by atoms with Gasteiger partial charge in [0.1, 0.15) is 5.82 Å². The van der Waals surface area contributed by atoms with E-state index in [1.807, 2.05) is 18.2 Å². The fourth-order valence-corrected chi connectivity index (χ4v) is 7.52. The number of benzene rings is 2. The number of likely N-dealkylation sites (tertiary alicyclic amines) is 1. The largest absolute Gasteiger partial charge is 0.501 e. The molecule has 1 saturated heterocycles. The van der Waals surface area contributed by atoms with Gasteiger partial charge in [-0.15, -0.1) is 11.8 Å². The van der Waals surface area contributed by atoms with Crippen LogP contribution in [0.5, 0.6) is 5.75 Å². The lowest BCUT2D eigenvalue weighted by Gasteiger charge is -2.33. The highest BCUT2D eigenvalue weighted by Crippen LogP contribution is 2.35. The van der Waals surface area contributed by atoms with Crippen LogP contribution in [0.1, 0.15) is 40.8 Å². The molecule has 2 aromatic carbocycles. The van der Waals surface area contributed by atoms with Crippen molar-refractivity contribution in [2.45, 2.75) is 35.2 Å². The summed E-state index contributed by atoms with van der Waals surface area (Å²) in [5, 5.41) is 20.1. The van der Waals surface area contributed by atoms with Gasteiger partial charge in [-0.05, 0) is 49.2 Å². The zero-order chi connectivity index (χ0) is 30.0. The number of carbonyl (C=O) groups is 2. The Bertz CT molecular complexity index is 1750. The van der Waals surface area contributed by atoms with Crippen LogP contribution in [-0.2, 0) is 21.2 Å². The van der Waals surface area contributed by atoms with E-state index in [4.69, 9.17) is 16.9 Å². The Balaban J connectivity index is 1.35. The molecule has 2 amide bonds. The minimum Gasteiger partial charge on any atom is -0.501 e. The summed E-state index contributed by atoms with van der Waals surface area (Å²) < 4.78 is 27.2. The molecule has 1 fully saturated rings. The summed E-state index contributed by atoms with van der Waals surface area (Å²) in [6.45, 7) is 0.557. The molecule has 218 valence electrons. The number of halogens is 1. The first-order chi connectivity index (χ1) is 20.1. The van der Waals surface area contributed by atoms with Crippen molar-refractivity contribution in [3.8, 4) is 11.8 Å². The number of hydrogen-bond donors (Lipinski definition) is 1. The average molecular weight is 628 g/mol. The summed E-state index contributed by atoms with van der Waals surface area (Å²) >= 11 is 7.53. The number of fused-ring (bicyclic) bond motifs is 1. The van der Waals surface area contributed by atoms with Gasteiger partial charge in [-0.25, -0.2) is 8.42 Å². The van der Waals surface area contributed by atoms with Crippen LogP contribution in [0.25, 0.3) is 0 Å². The normalized spacial score (nSPS) is 16.8. The molecule has 2 aliphatic rings. The summed E-state index contributed by atoms with van der Waals surface area (Å²) in [7, 11) is -3.77. The molecule has 5 rings (SSSR count). The predicted octanol–water partition coefficient (Wildman–Crippen LogP) is 2.86. The maximum absolute atomic E-state index is 13.5. The molecule has 2 aliphatic heterocycles. The van der Waals surface area contributed by atoms with E-state index in [1.165, 1.54) is 45.5 Å². The second-order valence-corrected chi connectivity index (χ2v) is 13.4. The Morgan fingerprint density at radius 2 is 1.86 bits per heavy atom. The highest BCUT2D eigenvalue weighted by Gasteiger charge is 2.38. The van der Waals surface area contributed by atoms with Crippen molar-refractivity contribution >= 4 is 45.0 Å². The van der Waals surface area contributed by atoms with Crippen LogP contribution in [0.2, 0.25) is 5.02 Å². The first-order valence-electron chi connectivity index (χ1n) is 13.1. The van der Waals surface area contributed by atoms with Gasteiger partial charge in [-0.3, -0.25) is 14.4 Å². The molecule has 0 unspecified atom stereocenters. The third kappa shape index (κ3) is 5.88. The zero-order valence-corrected chi connectivity index (χ0v) is 24.7. The first kappa shape index (κ1) is 29.6. The molecule has 0 saturated carbocycles. The van der Waals surface area contributed by atoms with Crippen molar-refractivity contribution < 1.29 is 23.1 Å². The highest BCUT2D eigenvalue weighted by molar-refractivity contribution is 8.00. The Morgan fingerprint density at radius 1 is 1.12 bits per heavy atom. The number of thioether (sulfide) groups is 1. The van der Waals surface area contributed by atoms with E-state index in [1.54, 1.807) is 17.0 Å². The van der Waals surface area contributed by atoms with Gasteiger partial charge in [-0.1, -0.05) is 23.7 Å². The van der Waals surface area contributed by atoms with Crippen LogP contribution in [0.15, 0.2) is 63.1 Å². The SMILES string of the molecule is N#Cc1ccc(S(=O)(=O)CCN2CCn3c([C@@H]4CCCN4C(=O)CSc4ccccc4Cl)nc(=O)c(O)c3C2=O)cc1. The van der Waals surface area contributed by atoms with Crippen molar-refractivity contribution in [2.24, 2.45) is 0 Å². The molecule has 3 aromatic rings. The summed E-state index contributed by atoms with van der Waals surface area (Å²) in [6, 6.07) is 14.1. The zero-order valence-electron chi connectivity index (χ0n) is 22.3. The molecule has 11 nitrogen and oxygen atoms in total. The number of sulfone groups is 1. The second kappa shape index (κ2) is 12.2. The Labute approximate surface area is 251 Å². The quantitative estimate of drug-likeness (QED) is 0.371. The first-order valence-corrected chi connectivity index (χ1v) is 16.1. The molecule has 3 heterocycles. The molecule has 42 heavy (non-hydrogen) atoms. The molecule has 0 bridgehead atoms. The number of nitrogens with zero attached hydrogens (tertiary/aromatic N) is 5. The van der Waals surface area contributed by atoms with Crippen molar-refractivity contribution in [2.75, 3.05) is 31.1 Å². The van der Waals surface area contributed by atoms with Crippen molar-refractivity contribution in [3.63, 3.8) is 0 Å². The van der Waals surface area contributed by atoms with Crippen LogP contribution in [0, 0.1) is 11.3 Å². The van der Waals surface area contributed by atoms with Gasteiger partial charge in [0.05, 0.1) is 39.1 Å². The lowest BCUT2D eigenvalue weighted by Crippen LogP contribution is -2.46. The van der Waals surface area contributed by atoms with E-state index in [0.717, 1.165) is 4.90 Å². The second-order valence-electron chi connectivity index (χ2n) is 9.84. The number of carbonyl (C=O) groups excluding carboxylic acids is 2. The number of rotatable bonds is 8. The van der Waals surface area contributed by atoms with Gasteiger partial charge in [-0.2, -0.15) is 10.2 Å². The topological polar surface area (TPSA) is 154 Å². The fourth-order valence-electron chi connectivity index (χ4n) is 5.15. The van der Waals surface area contributed by atoms with Crippen molar-refractivity contribution in [1.29, 1.82) is 5.26 Å². The monoisotopic (exact) mass is 627 g/mol. The number of nitriles is 1. The number of hydrogen-bond acceptors (Lipinski definition) is 9.